The average Bonchev–Trinajstić information content (AvgIpc) is 3.35. The summed E-state index contributed by atoms with van der Waals surface area (Å²) in [6.07, 6.45) is 3.12. The Morgan fingerprint density at radius 3 is 2.32 bits per heavy atom. The van der Waals surface area contributed by atoms with Crippen molar-refractivity contribution < 1.29 is 9.59 Å². The third-order valence-electron chi connectivity index (χ3n) is 7.94. The van der Waals surface area contributed by atoms with Gasteiger partial charge in [0, 0.05) is 35.6 Å². The number of para-hydroxylation sites is 1. The van der Waals surface area contributed by atoms with Crippen LogP contribution in [0.5, 0.6) is 0 Å². The van der Waals surface area contributed by atoms with Crippen LogP contribution < -0.4 is 15.5 Å². The lowest BCUT2D eigenvalue weighted by Gasteiger charge is -2.27. The van der Waals surface area contributed by atoms with Crippen LogP contribution in [0.3, 0.4) is 0 Å². The largest absolute Gasteiger partial charge is 0.322 e. The second-order valence-electron chi connectivity index (χ2n) is 10.4. The summed E-state index contributed by atoms with van der Waals surface area (Å²) in [5, 5.41) is 6.53. The number of fused-ring (bicyclic) bond motifs is 1. The number of benzene rings is 4. The summed E-state index contributed by atoms with van der Waals surface area (Å²) in [6, 6.07) is 33.0. The van der Waals surface area contributed by atoms with E-state index in [9.17, 15) is 9.59 Å². The van der Waals surface area contributed by atoms with E-state index >= 15 is 0 Å². The first-order chi connectivity index (χ1) is 18.6. The fraction of sp³-hybridized carbons (Fsp3) is 0.212. The molecule has 0 bridgehead atoms. The number of anilines is 2. The molecule has 4 aromatic carbocycles. The van der Waals surface area contributed by atoms with E-state index in [0.29, 0.717) is 23.4 Å². The molecule has 0 saturated carbocycles. The van der Waals surface area contributed by atoms with Gasteiger partial charge in [0.05, 0.1) is 0 Å². The predicted molar refractivity (Wildman–Crippen MR) is 153 cm³/mol. The lowest BCUT2D eigenvalue weighted by atomic mass is 9.78. The number of carbonyl (C=O) groups is 2. The molecular formula is C33H31N3O2. The van der Waals surface area contributed by atoms with Gasteiger partial charge in [0.15, 0.2) is 0 Å². The second kappa shape index (κ2) is 10.3. The number of amides is 2. The molecule has 1 spiro atoms. The number of nitrogens with one attached hydrogen (secondary N) is 2. The number of rotatable bonds is 4. The zero-order valence-corrected chi connectivity index (χ0v) is 21.3. The fourth-order valence-electron chi connectivity index (χ4n) is 5.86. The van der Waals surface area contributed by atoms with Crippen LogP contribution in [0.2, 0.25) is 0 Å². The van der Waals surface area contributed by atoms with E-state index in [1.165, 1.54) is 5.56 Å². The third-order valence-corrected chi connectivity index (χ3v) is 7.94. The third kappa shape index (κ3) is 4.73. The topological polar surface area (TPSA) is 61.4 Å². The molecule has 1 fully saturated rings. The van der Waals surface area contributed by atoms with Crippen LogP contribution in [0.1, 0.15) is 39.1 Å². The number of nitrogens with zero attached hydrogens (tertiary/aromatic N) is 1. The molecule has 2 N–H and O–H groups in total. The maximum absolute atomic E-state index is 13.7. The molecule has 0 aliphatic carbocycles. The Kier molecular flexibility index (Phi) is 6.52. The van der Waals surface area contributed by atoms with E-state index in [2.05, 4.69) is 28.8 Å². The normalized spacial score (nSPS) is 18.6. The van der Waals surface area contributed by atoms with Crippen molar-refractivity contribution in [3.05, 3.63) is 120 Å². The van der Waals surface area contributed by atoms with Crippen LogP contribution in [-0.4, -0.2) is 31.4 Å². The van der Waals surface area contributed by atoms with E-state index in [1.807, 2.05) is 77.7 Å². The summed E-state index contributed by atoms with van der Waals surface area (Å²) in [6.45, 7) is 2.75. The van der Waals surface area contributed by atoms with Gasteiger partial charge < -0.3 is 15.5 Å². The van der Waals surface area contributed by atoms with Gasteiger partial charge in [-0.15, -0.1) is 0 Å². The first kappa shape index (κ1) is 24.1. The summed E-state index contributed by atoms with van der Waals surface area (Å²) in [5.41, 5.74) is 6.22. The Morgan fingerprint density at radius 1 is 0.789 bits per heavy atom. The predicted octanol–water partition coefficient (Wildman–Crippen LogP) is 6.18. The summed E-state index contributed by atoms with van der Waals surface area (Å²) >= 11 is 0. The van der Waals surface area contributed by atoms with Gasteiger partial charge in [-0.25, -0.2) is 0 Å². The van der Waals surface area contributed by atoms with E-state index in [0.717, 1.165) is 49.2 Å². The number of hydrogen-bond donors (Lipinski definition) is 2. The Hall–Kier alpha value is -4.22. The second-order valence-corrected chi connectivity index (χ2v) is 10.4. The highest BCUT2D eigenvalue weighted by Gasteiger charge is 2.38. The zero-order valence-electron chi connectivity index (χ0n) is 21.3. The van der Waals surface area contributed by atoms with Crippen molar-refractivity contribution in [2.24, 2.45) is 5.41 Å². The monoisotopic (exact) mass is 501 g/mol. The number of hydrogen-bond acceptors (Lipinski definition) is 3. The van der Waals surface area contributed by atoms with Crippen LogP contribution in [0.4, 0.5) is 11.4 Å². The van der Waals surface area contributed by atoms with Crippen molar-refractivity contribution in [3.63, 3.8) is 0 Å². The molecule has 2 aliphatic heterocycles. The highest BCUT2D eigenvalue weighted by Crippen LogP contribution is 2.40. The van der Waals surface area contributed by atoms with Gasteiger partial charge in [0.1, 0.15) is 0 Å². The summed E-state index contributed by atoms with van der Waals surface area (Å²) < 4.78 is 0. The Bertz CT molecular complexity index is 1460. The van der Waals surface area contributed by atoms with Gasteiger partial charge >= 0.3 is 0 Å². The van der Waals surface area contributed by atoms with E-state index in [4.69, 9.17) is 0 Å². The molecule has 4 aromatic rings. The molecule has 6 rings (SSSR count). The molecule has 38 heavy (non-hydrogen) atoms. The lowest BCUT2D eigenvalue weighted by molar-refractivity contribution is 0.0983. The molecule has 0 radical (unpaired) electrons. The molecular weight excluding hydrogens is 470 g/mol. The van der Waals surface area contributed by atoms with Crippen LogP contribution in [0, 0.1) is 5.41 Å². The van der Waals surface area contributed by atoms with Crippen molar-refractivity contribution in [3.8, 4) is 11.1 Å². The van der Waals surface area contributed by atoms with Crippen LogP contribution >= 0.6 is 0 Å². The lowest BCUT2D eigenvalue weighted by Crippen LogP contribution is -2.34. The molecule has 0 aromatic heterocycles. The standard InChI is InChI=1S/C33H31N3O2/c37-31(29-12-6-5-11-28(29)24-8-2-1-3-9-24)35-27-16-14-25(15-17-27)32(38)36-21-19-33(18-20-34-23-33)22-26-10-4-7-13-30(26)36/h1-17,34H,18-23H2,(H,35,37). The highest BCUT2D eigenvalue weighted by molar-refractivity contribution is 6.09. The molecule has 2 aliphatic rings. The zero-order chi connectivity index (χ0) is 26.0. The smallest absolute Gasteiger partial charge is 0.258 e. The molecule has 1 unspecified atom stereocenters. The molecule has 1 saturated heterocycles. The number of carbonyl (C=O) groups excluding carboxylic acids is 2. The SMILES string of the molecule is O=C(Nc1ccc(C(=O)N2CCC3(CCNC3)Cc3ccccc32)cc1)c1ccccc1-c1ccccc1. The van der Waals surface area contributed by atoms with E-state index < -0.39 is 0 Å². The minimum absolute atomic E-state index is 0.00671. The maximum Gasteiger partial charge on any atom is 0.258 e. The molecule has 190 valence electrons. The molecule has 2 heterocycles. The van der Waals surface area contributed by atoms with Gasteiger partial charge in [-0.1, -0.05) is 66.7 Å². The Labute approximate surface area is 223 Å². The van der Waals surface area contributed by atoms with Gasteiger partial charge in [-0.3, -0.25) is 9.59 Å². The summed E-state index contributed by atoms with van der Waals surface area (Å²) in [5.74, 6) is -0.187. The quantitative estimate of drug-likeness (QED) is 0.351. The molecule has 2 amide bonds. The van der Waals surface area contributed by atoms with E-state index in [-0.39, 0.29) is 17.2 Å². The maximum atomic E-state index is 13.7. The van der Waals surface area contributed by atoms with Crippen LogP contribution in [0.15, 0.2) is 103 Å². The van der Waals surface area contributed by atoms with E-state index in [1.54, 1.807) is 12.1 Å². The molecule has 5 heteroatoms. The highest BCUT2D eigenvalue weighted by atomic mass is 16.2. The van der Waals surface area contributed by atoms with Crippen molar-refractivity contribution in [1.29, 1.82) is 0 Å². The summed E-state index contributed by atoms with van der Waals surface area (Å²) in [7, 11) is 0. The molecule has 1 atom stereocenters. The van der Waals surface area contributed by atoms with Crippen LogP contribution in [-0.2, 0) is 6.42 Å². The first-order valence-electron chi connectivity index (χ1n) is 13.3. The van der Waals surface area contributed by atoms with Gasteiger partial charge in [-0.05, 0) is 84.3 Å². The van der Waals surface area contributed by atoms with Crippen molar-refractivity contribution >= 4 is 23.2 Å². The summed E-state index contributed by atoms with van der Waals surface area (Å²) in [4.78, 5) is 28.8. The fourth-order valence-corrected chi connectivity index (χ4v) is 5.86. The van der Waals surface area contributed by atoms with Gasteiger partial charge in [-0.2, -0.15) is 0 Å². The van der Waals surface area contributed by atoms with Gasteiger partial charge in [0.2, 0.25) is 0 Å². The first-order valence-corrected chi connectivity index (χ1v) is 13.3. The van der Waals surface area contributed by atoms with Crippen molar-refractivity contribution in [1.82, 2.24) is 5.32 Å². The Morgan fingerprint density at radius 2 is 1.53 bits per heavy atom. The van der Waals surface area contributed by atoms with Crippen LogP contribution in [0.25, 0.3) is 11.1 Å². The Balaban J connectivity index is 1.21. The average molecular weight is 502 g/mol. The van der Waals surface area contributed by atoms with Crippen molar-refractivity contribution in [2.75, 3.05) is 29.9 Å². The van der Waals surface area contributed by atoms with Crippen molar-refractivity contribution in [2.45, 2.75) is 19.3 Å². The van der Waals surface area contributed by atoms with Gasteiger partial charge in [0.25, 0.3) is 11.8 Å². The molecule has 5 nitrogen and oxygen atoms in total. The minimum Gasteiger partial charge on any atom is -0.322 e. The minimum atomic E-state index is -0.180.